The Balaban J connectivity index is 1.32. The molecule has 2 saturated heterocycles. The Morgan fingerprint density at radius 3 is 1.43 bits per heavy atom. The van der Waals surface area contributed by atoms with Crippen LogP contribution in [0.1, 0.15) is 58.6 Å². The smallest absolute Gasteiger partial charge is 0.243 e. The molecule has 3 aliphatic rings. The highest BCUT2D eigenvalue weighted by atomic mass is 32.2. The number of ether oxygens (including phenoxy) is 2. The van der Waals surface area contributed by atoms with E-state index in [0.717, 1.165) is 17.5 Å². The maximum Gasteiger partial charge on any atom is 0.243 e. The van der Waals surface area contributed by atoms with E-state index in [0.29, 0.717) is 43.7 Å². The van der Waals surface area contributed by atoms with E-state index in [4.69, 9.17) is 9.47 Å². The van der Waals surface area contributed by atoms with Crippen LogP contribution in [0.5, 0.6) is 0 Å². The second kappa shape index (κ2) is 13.0. The first-order valence-electron chi connectivity index (χ1n) is 15.2. The van der Waals surface area contributed by atoms with Crippen molar-refractivity contribution in [1.29, 1.82) is 0 Å². The largest absolute Gasteiger partial charge is 0.373 e. The van der Waals surface area contributed by atoms with Gasteiger partial charge >= 0.3 is 0 Å². The number of sulfonamides is 2. The van der Waals surface area contributed by atoms with Gasteiger partial charge in [-0.05, 0) is 94.0 Å². The average molecular weight is 643 g/mol. The van der Waals surface area contributed by atoms with Crippen LogP contribution in [0.25, 0.3) is 12.2 Å². The van der Waals surface area contributed by atoms with E-state index in [9.17, 15) is 21.6 Å². The van der Waals surface area contributed by atoms with Crippen LogP contribution in [-0.2, 0) is 34.3 Å². The van der Waals surface area contributed by atoms with E-state index < -0.39 is 20.0 Å². The summed E-state index contributed by atoms with van der Waals surface area (Å²) in [5.74, 6) is -0.00469. The number of hydrogen-bond acceptors (Lipinski definition) is 7. The van der Waals surface area contributed by atoms with Gasteiger partial charge in [0.2, 0.25) is 20.0 Å². The third-order valence-corrected chi connectivity index (χ3v) is 12.1. The fraction of sp³-hybridized carbons (Fsp3) is 0.485. The zero-order chi connectivity index (χ0) is 31.8. The minimum absolute atomic E-state index is 0.0465. The van der Waals surface area contributed by atoms with Crippen LogP contribution in [0.15, 0.2) is 69.5 Å². The number of carbonyl (C=O) groups is 1. The summed E-state index contributed by atoms with van der Waals surface area (Å²) < 4.78 is 67.2. The Hall–Kier alpha value is -2.67. The summed E-state index contributed by atoms with van der Waals surface area (Å²) in [7, 11) is -7.31. The monoisotopic (exact) mass is 642 g/mol. The number of nitrogens with zero attached hydrogens (tertiary/aromatic N) is 2. The Morgan fingerprint density at radius 1 is 0.636 bits per heavy atom. The van der Waals surface area contributed by atoms with Crippen molar-refractivity contribution in [1.82, 2.24) is 8.61 Å². The van der Waals surface area contributed by atoms with Crippen LogP contribution in [0.4, 0.5) is 0 Å². The van der Waals surface area contributed by atoms with Crippen molar-refractivity contribution in [3.63, 3.8) is 0 Å². The molecule has 3 fully saturated rings. The number of hydrogen-bond donors (Lipinski definition) is 0. The quantitative estimate of drug-likeness (QED) is 0.419. The number of morpholine rings is 2. The summed E-state index contributed by atoms with van der Waals surface area (Å²) in [6, 6.07) is 13.3. The molecule has 0 radical (unpaired) electrons. The highest BCUT2D eigenvalue weighted by Gasteiger charge is 2.33. The van der Waals surface area contributed by atoms with Crippen LogP contribution in [0.2, 0.25) is 0 Å². The van der Waals surface area contributed by atoms with E-state index in [1.807, 2.05) is 46.8 Å². The lowest BCUT2D eigenvalue weighted by molar-refractivity contribution is -0.113. The lowest BCUT2D eigenvalue weighted by Gasteiger charge is -2.34. The first-order valence-corrected chi connectivity index (χ1v) is 18.1. The van der Waals surface area contributed by atoms with Gasteiger partial charge in [-0.15, -0.1) is 0 Å². The highest BCUT2D eigenvalue weighted by molar-refractivity contribution is 7.89. The molecule has 11 heteroatoms. The summed E-state index contributed by atoms with van der Waals surface area (Å²) in [6.07, 6.45) is 4.39. The van der Waals surface area contributed by atoms with Crippen molar-refractivity contribution >= 4 is 38.0 Å². The molecule has 0 aromatic heterocycles. The van der Waals surface area contributed by atoms with Gasteiger partial charge in [-0.3, -0.25) is 4.79 Å². The van der Waals surface area contributed by atoms with Gasteiger partial charge in [0.1, 0.15) is 0 Å². The van der Waals surface area contributed by atoms with E-state index in [-0.39, 0.29) is 45.9 Å². The minimum Gasteiger partial charge on any atom is -0.373 e. The summed E-state index contributed by atoms with van der Waals surface area (Å²) in [4.78, 5) is 14.0. The molecule has 2 aliphatic heterocycles. The first-order chi connectivity index (χ1) is 20.7. The van der Waals surface area contributed by atoms with Crippen LogP contribution < -0.4 is 0 Å². The number of carbonyl (C=O) groups excluding carboxylic acids is 1. The number of rotatable bonds is 6. The van der Waals surface area contributed by atoms with Crippen molar-refractivity contribution in [3.8, 4) is 0 Å². The van der Waals surface area contributed by atoms with Crippen LogP contribution in [0.3, 0.4) is 0 Å². The van der Waals surface area contributed by atoms with Gasteiger partial charge in [-0.25, -0.2) is 16.8 Å². The third kappa shape index (κ3) is 7.08. The summed E-state index contributed by atoms with van der Waals surface area (Å²) in [5, 5.41) is 0. The molecule has 0 unspecified atom stereocenters. The van der Waals surface area contributed by atoms with Gasteiger partial charge in [0.05, 0.1) is 34.2 Å². The van der Waals surface area contributed by atoms with E-state index in [2.05, 4.69) is 0 Å². The first kappa shape index (κ1) is 32.7. The fourth-order valence-corrected chi connectivity index (χ4v) is 9.38. The molecule has 44 heavy (non-hydrogen) atoms. The third-order valence-electron chi connectivity index (χ3n) is 8.40. The molecule has 5 rings (SSSR count). The normalized spacial score (nSPS) is 29.8. The predicted octanol–water partition coefficient (Wildman–Crippen LogP) is 4.75. The zero-order valence-corrected chi connectivity index (χ0v) is 27.6. The van der Waals surface area contributed by atoms with Gasteiger partial charge in [-0.2, -0.15) is 8.61 Å². The minimum atomic E-state index is -3.66. The average Bonchev–Trinajstić information content (AvgIpc) is 2.96. The standard InChI is InChI=1S/C33H42N2O7S2/c1-22-6-11-29(16-27-7-12-30(13-8-27)43(37,38)34-18-23(2)41-24(3)19-34)33(36)32(22)17-28-9-14-31(15-10-28)44(39,40)35-20-25(4)42-26(5)21-35/h7-10,12-17,22-26H,6,11,18-21H2,1-5H3/b29-16+,32-17+/t22-,23+,24+,25-,26+/m0/s1. The molecule has 2 aromatic rings. The van der Waals surface area contributed by atoms with Crippen molar-refractivity contribution in [2.45, 2.75) is 81.7 Å². The van der Waals surface area contributed by atoms with Crippen LogP contribution >= 0.6 is 0 Å². The Kier molecular flexibility index (Phi) is 9.65. The van der Waals surface area contributed by atoms with Crippen molar-refractivity contribution in [2.24, 2.45) is 5.92 Å². The molecule has 0 bridgehead atoms. The molecule has 2 heterocycles. The summed E-state index contributed by atoms with van der Waals surface area (Å²) in [6.45, 7) is 10.7. The lowest BCUT2D eigenvalue weighted by atomic mass is 9.80. The highest BCUT2D eigenvalue weighted by Crippen LogP contribution is 2.33. The number of ketones is 1. The number of Topliss-reactive ketones (excluding diaryl/α,β-unsaturated/α-hetero) is 1. The molecule has 238 valence electrons. The van der Waals surface area contributed by atoms with Crippen molar-refractivity contribution in [2.75, 3.05) is 26.2 Å². The number of benzene rings is 2. The molecule has 2 aromatic carbocycles. The molecule has 9 nitrogen and oxygen atoms in total. The van der Waals surface area contributed by atoms with Crippen LogP contribution in [-0.4, -0.2) is 81.8 Å². The Bertz CT molecular complexity index is 1630. The fourth-order valence-electron chi connectivity index (χ4n) is 6.20. The molecule has 5 atom stereocenters. The molecule has 0 spiro atoms. The Labute approximate surface area is 261 Å². The summed E-state index contributed by atoms with van der Waals surface area (Å²) in [5.41, 5.74) is 2.84. The van der Waals surface area contributed by atoms with Gasteiger partial charge in [0.25, 0.3) is 0 Å². The van der Waals surface area contributed by atoms with Crippen molar-refractivity contribution < 1.29 is 31.1 Å². The van der Waals surface area contributed by atoms with Gasteiger partial charge in [0.15, 0.2) is 5.78 Å². The van der Waals surface area contributed by atoms with Gasteiger partial charge in [-0.1, -0.05) is 31.2 Å². The molecule has 1 aliphatic carbocycles. The maximum absolute atomic E-state index is 13.6. The second-order valence-electron chi connectivity index (χ2n) is 12.3. The Morgan fingerprint density at radius 2 is 1.02 bits per heavy atom. The molecule has 1 saturated carbocycles. The predicted molar refractivity (Wildman–Crippen MR) is 170 cm³/mol. The maximum atomic E-state index is 13.6. The van der Waals surface area contributed by atoms with Gasteiger partial charge in [0, 0.05) is 37.3 Å². The van der Waals surface area contributed by atoms with Gasteiger partial charge < -0.3 is 9.47 Å². The SMILES string of the molecule is C[C@@H]1CN(S(=O)(=O)c2ccc(/C=C3\CC[C@H](C)/C(=C\c4ccc(S(=O)(=O)N5C[C@@H](C)O[C@@H](C)C5)cc4)C3=O)cc2)C[C@@H](C)O1. The molecule has 0 amide bonds. The van der Waals surface area contributed by atoms with E-state index in [1.54, 1.807) is 48.5 Å². The molecular weight excluding hydrogens is 601 g/mol. The lowest BCUT2D eigenvalue weighted by Crippen LogP contribution is -2.48. The zero-order valence-electron chi connectivity index (χ0n) is 26.0. The molecular formula is C33H42N2O7S2. The summed E-state index contributed by atoms with van der Waals surface area (Å²) >= 11 is 0. The molecule has 0 N–H and O–H groups in total. The van der Waals surface area contributed by atoms with Crippen molar-refractivity contribution in [3.05, 3.63) is 70.8 Å². The van der Waals surface area contributed by atoms with E-state index in [1.165, 1.54) is 8.61 Å². The second-order valence-corrected chi connectivity index (χ2v) is 16.2. The topological polar surface area (TPSA) is 110 Å². The number of allylic oxidation sites excluding steroid dienone is 2. The van der Waals surface area contributed by atoms with Crippen LogP contribution in [0, 0.1) is 5.92 Å². The van der Waals surface area contributed by atoms with E-state index >= 15 is 0 Å².